The smallest absolute Gasteiger partial charge is 0.408 e. The van der Waals surface area contributed by atoms with Crippen LogP contribution in [0.5, 0.6) is 0 Å². The van der Waals surface area contributed by atoms with E-state index in [-0.39, 0.29) is 10.8 Å². The van der Waals surface area contributed by atoms with E-state index in [9.17, 15) is 14.7 Å². The number of carbonyl (C=O) groups is 2. The van der Waals surface area contributed by atoms with Crippen LogP contribution in [0.25, 0.3) is 0 Å². The van der Waals surface area contributed by atoms with E-state index >= 15 is 0 Å². The zero-order valence-electron chi connectivity index (χ0n) is 14.1. The number of amides is 1. The first kappa shape index (κ1) is 17.1. The van der Waals surface area contributed by atoms with Crippen molar-refractivity contribution in [3.05, 3.63) is 34.9 Å². The number of carboxylic acids is 1. The summed E-state index contributed by atoms with van der Waals surface area (Å²) >= 11 is 6.06. The number of carbonyl (C=O) groups excluding carboxylic acids is 1. The van der Waals surface area contributed by atoms with E-state index in [2.05, 4.69) is 5.32 Å². The van der Waals surface area contributed by atoms with Gasteiger partial charge in [0, 0.05) is 10.4 Å². The van der Waals surface area contributed by atoms with Crippen molar-refractivity contribution in [3.63, 3.8) is 0 Å². The van der Waals surface area contributed by atoms with Crippen molar-refractivity contribution in [3.8, 4) is 0 Å². The number of alkyl carbamates (subject to hydrolysis) is 1. The quantitative estimate of drug-likeness (QED) is 0.866. The standard InChI is InChI=1S/C18H22ClNO4/c1-16(2,3)24-15(23)20-13(14(21)22)18-8-17(9-18,10-18)11-5-4-6-12(19)7-11/h4-7,13H,8-10H2,1-3H3,(H,20,23)(H,21,22). The lowest BCUT2D eigenvalue weighted by Crippen LogP contribution is -2.73. The third kappa shape index (κ3) is 2.86. The summed E-state index contributed by atoms with van der Waals surface area (Å²) in [6.07, 6.45) is 1.55. The van der Waals surface area contributed by atoms with Crippen molar-refractivity contribution in [2.75, 3.05) is 0 Å². The first-order chi connectivity index (χ1) is 11.1. The minimum Gasteiger partial charge on any atom is -0.480 e. The predicted octanol–water partition coefficient (Wildman–Crippen LogP) is 3.74. The molecule has 0 heterocycles. The largest absolute Gasteiger partial charge is 0.480 e. The summed E-state index contributed by atoms with van der Waals surface area (Å²) in [7, 11) is 0. The van der Waals surface area contributed by atoms with Gasteiger partial charge in [-0.05, 0) is 63.1 Å². The zero-order valence-corrected chi connectivity index (χ0v) is 14.8. The molecule has 1 aromatic rings. The number of carboxylic acid groups (broad SMARTS) is 1. The predicted molar refractivity (Wildman–Crippen MR) is 90.2 cm³/mol. The molecule has 3 fully saturated rings. The van der Waals surface area contributed by atoms with Gasteiger partial charge in [-0.25, -0.2) is 9.59 Å². The molecule has 24 heavy (non-hydrogen) atoms. The van der Waals surface area contributed by atoms with Gasteiger partial charge in [-0.15, -0.1) is 0 Å². The molecule has 6 heteroatoms. The molecule has 1 aromatic carbocycles. The Kier molecular flexibility index (Phi) is 3.83. The fraction of sp³-hybridized carbons (Fsp3) is 0.556. The van der Waals surface area contributed by atoms with E-state index in [1.165, 1.54) is 0 Å². The minimum absolute atomic E-state index is 0.00815. The van der Waals surface area contributed by atoms with Crippen molar-refractivity contribution in [2.24, 2.45) is 5.41 Å². The van der Waals surface area contributed by atoms with Crippen molar-refractivity contribution in [1.29, 1.82) is 0 Å². The van der Waals surface area contributed by atoms with Crippen LogP contribution in [0.4, 0.5) is 4.79 Å². The van der Waals surface area contributed by atoms with Crippen molar-refractivity contribution < 1.29 is 19.4 Å². The highest BCUT2D eigenvalue weighted by molar-refractivity contribution is 6.30. The van der Waals surface area contributed by atoms with Gasteiger partial charge in [0.25, 0.3) is 0 Å². The summed E-state index contributed by atoms with van der Waals surface area (Å²) in [6.45, 7) is 5.24. The highest BCUT2D eigenvalue weighted by Gasteiger charge is 2.72. The van der Waals surface area contributed by atoms with E-state index in [0.717, 1.165) is 24.8 Å². The number of nitrogens with one attached hydrogen (secondary N) is 1. The first-order valence-electron chi connectivity index (χ1n) is 8.04. The summed E-state index contributed by atoms with van der Waals surface area (Å²) in [6, 6.07) is 6.80. The number of benzene rings is 1. The summed E-state index contributed by atoms with van der Waals surface area (Å²) in [4.78, 5) is 23.6. The molecule has 1 atom stereocenters. The fourth-order valence-corrected chi connectivity index (χ4v) is 4.39. The first-order valence-corrected chi connectivity index (χ1v) is 8.42. The Balaban J connectivity index is 1.68. The maximum absolute atomic E-state index is 12.0. The fourth-order valence-electron chi connectivity index (χ4n) is 4.20. The molecule has 0 spiro atoms. The van der Waals surface area contributed by atoms with Crippen LogP contribution in [-0.4, -0.2) is 28.8 Å². The van der Waals surface area contributed by atoms with E-state index < -0.39 is 23.7 Å². The highest BCUT2D eigenvalue weighted by Crippen LogP contribution is 2.75. The molecule has 2 N–H and O–H groups in total. The van der Waals surface area contributed by atoms with E-state index in [1.54, 1.807) is 20.8 Å². The molecule has 130 valence electrons. The van der Waals surface area contributed by atoms with Crippen LogP contribution in [0.15, 0.2) is 24.3 Å². The van der Waals surface area contributed by atoms with Gasteiger partial charge in [0.2, 0.25) is 0 Å². The van der Waals surface area contributed by atoms with Crippen LogP contribution in [0.3, 0.4) is 0 Å². The molecule has 1 unspecified atom stereocenters. The highest BCUT2D eigenvalue weighted by atomic mass is 35.5. The molecular weight excluding hydrogens is 330 g/mol. The van der Waals surface area contributed by atoms with Crippen LogP contribution in [0, 0.1) is 5.41 Å². The molecular formula is C18H22ClNO4. The third-order valence-corrected chi connectivity index (χ3v) is 5.26. The molecule has 3 aliphatic rings. The van der Waals surface area contributed by atoms with Crippen LogP contribution in [-0.2, 0) is 14.9 Å². The molecule has 3 aliphatic carbocycles. The number of ether oxygens (including phenoxy) is 1. The SMILES string of the molecule is CC(C)(C)OC(=O)NC(C(=O)O)C12CC(c3cccc(Cl)c3)(C1)C2. The Morgan fingerprint density at radius 1 is 1.29 bits per heavy atom. The Labute approximate surface area is 146 Å². The molecule has 2 bridgehead atoms. The molecule has 0 aliphatic heterocycles. The van der Waals surface area contributed by atoms with Gasteiger partial charge in [0.15, 0.2) is 0 Å². The average Bonchev–Trinajstić information content (AvgIpc) is 2.32. The van der Waals surface area contributed by atoms with Gasteiger partial charge in [0.1, 0.15) is 11.6 Å². The van der Waals surface area contributed by atoms with Gasteiger partial charge in [0.05, 0.1) is 0 Å². The summed E-state index contributed by atoms with van der Waals surface area (Å²) < 4.78 is 5.19. The van der Waals surface area contributed by atoms with Gasteiger partial charge in [-0.1, -0.05) is 23.7 Å². The second-order valence-electron chi connectivity index (χ2n) is 8.10. The molecule has 4 rings (SSSR count). The van der Waals surface area contributed by atoms with Gasteiger partial charge in [-0.3, -0.25) is 0 Å². The Hall–Kier alpha value is -1.75. The van der Waals surface area contributed by atoms with Gasteiger partial charge >= 0.3 is 12.1 Å². The van der Waals surface area contributed by atoms with E-state index in [4.69, 9.17) is 16.3 Å². The third-order valence-electron chi connectivity index (χ3n) is 5.03. The zero-order chi connectivity index (χ0) is 17.8. The lowest BCUT2D eigenvalue weighted by Gasteiger charge is -2.72. The number of hydrogen-bond donors (Lipinski definition) is 2. The normalized spacial score (nSPS) is 29.0. The second-order valence-corrected chi connectivity index (χ2v) is 8.54. The van der Waals surface area contributed by atoms with Crippen molar-refractivity contribution in [1.82, 2.24) is 5.32 Å². The van der Waals surface area contributed by atoms with Crippen LogP contribution in [0.1, 0.15) is 45.6 Å². The van der Waals surface area contributed by atoms with E-state index in [1.807, 2.05) is 24.3 Å². The number of halogens is 1. The van der Waals surface area contributed by atoms with E-state index in [0.29, 0.717) is 5.02 Å². The maximum atomic E-state index is 12.0. The van der Waals surface area contributed by atoms with Crippen LogP contribution in [0.2, 0.25) is 5.02 Å². The monoisotopic (exact) mass is 351 g/mol. The molecule has 3 saturated carbocycles. The Morgan fingerprint density at radius 2 is 1.92 bits per heavy atom. The maximum Gasteiger partial charge on any atom is 0.408 e. The molecule has 1 amide bonds. The summed E-state index contributed by atoms with van der Waals surface area (Å²) in [5.74, 6) is -1.01. The van der Waals surface area contributed by atoms with Crippen molar-refractivity contribution in [2.45, 2.75) is 57.1 Å². The molecule has 5 nitrogen and oxygen atoms in total. The molecule has 0 aromatic heterocycles. The second kappa shape index (κ2) is 5.38. The number of hydrogen-bond acceptors (Lipinski definition) is 3. The molecule has 0 saturated heterocycles. The number of rotatable bonds is 4. The minimum atomic E-state index is -1.01. The van der Waals surface area contributed by atoms with Crippen molar-refractivity contribution >= 4 is 23.7 Å². The topological polar surface area (TPSA) is 75.6 Å². The lowest BCUT2D eigenvalue weighted by atomic mass is 9.31. The number of aliphatic carboxylic acids is 1. The summed E-state index contributed by atoms with van der Waals surface area (Å²) in [5, 5.41) is 12.8. The Morgan fingerprint density at radius 3 is 2.42 bits per heavy atom. The van der Waals surface area contributed by atoms with Gasteiger partial charge < -0.3 is 15.2 Å². The van der Waals surface area contributed by atoms with Gasteiger partial charge in [-0.2, -0.15) is 0 Å². The average molecular weight is 352 g/mol. The Bertz CT molecular complexity index is 675. The lowest BCUT2D eigenvalue weighted by molar-refractivity contribution is -0.183. The molecule has 0 radical (unpaired) electrons. The summed E-state index contributed by atoms with van der Waals surface area (Å²) in [5.41, 5.74) is 0.117. The van der Waals surface area contributed by atoms with Crippen LogP contribution >= 0.6 is 11.6 Å². The van der Waals surface area contributed by atoms with Crippen LogP contribution < -0.4 is 5.32 Å².